The molecule has 2 heteroatoms. The molecule has 0 spiro atoms. The van der Waals surface area contributed by atoms with Crippen molar-refractivity contribution in [2.45, 2.75) is 65.9 Å². The van der Waals surface area contributed by atoms with Gasteiger partial charge in [0.15, 0.2) is 5.78 Å². The van der Waals surface area contributed by atoms with Gasteiger partial charge in [0.1, 0.15) is 6.10 Å². The normalized spacial score (nSPS) is 47.2. The summed E-state index contributed by atoms with van der Waals surface area (Å²) in [5.41, 5.74) is 1.35. The zero-order valence-electron chi connectivity index (χ0n) is 14.5. The number of hydrogen-bond acceptors (Lipinski definition) is 2. The van der Waals surface area contributed by atoms with E-state index in [1.807, 2.05) is 6.08 Å². The van der Waals surface area contributed by atoms with Gasteiger partial charge in [-0.1, -0.05) is 39.3 Å². The molecule has 0 radical (unpaired) electrons. The SMILES string of the molecule is C=C[C@]1(C)CC[C@@]2(C)C3=CC(=O)[C@H](O)C(C)(C)[C@@H]3CC[C@H]2C1. The Morgan fingerprint density at radius 3 is 2.55 bits per heavy atom. The largest absolute Gasteiger partial charge is 0.384 e. The van der Waals surface area contributed by atoms with E-state index in [1.165, 1.54) is 18.4 Å². The number of rotatable bonds is 1. The van der Waals surface area contributed by atoms with E-state index in [0.717, 1.165) is 19.3 Å². The third-order valence-electron chi connectivity index (χ3n) is 7.33. The molecule has 2 nitrogen and oxygen atoms in total. The molecule has 0 aromatic heterocycles. The molecule has 5 atom stereocenters. The predicted octanol–water partition coefficient (Wildman–Crippen LogP) is 4.29. The van der Waals surface area contributed by atoms with Crippen LogP contribution in [0.25, 0.3) is 0 Å². The Balaban J connectivity index is 2.01. The van der Waals surface area contributed by atoms with Crippen LogP contribution in [-0.4, -0.2) is 17.0 Å². The number of aliphatic hydroxyl groups is 1. The van der Waals surface area contributed by atoms with Crippen LogP contribution in [0.15, 0.2) is 24.3 Å². The van der Waals surface area contributed by atoms with Crippen LogP contribution in [-0.2, 0) is 4.79 Å². The second-order valence-electron chi connectivity index (χ2n) is 9.03. The van der Waals surface area contributed by atoms with Crippen molar-refractivity contribution in [1.29, 1.82) is 0 Å². The van der Waals surface area contributed by atoms with Gasteiger partial charge in [0, 0.05) is 5.41 Å². The van der Waals surface area contributed by atoms with Crippen LogP contribution in [0.5, 0.6) is 0 Å². The summed E-state index contributed by atoms with van der Waals surface area (Å²) in [5, 5.41) is 10.3. The minimum atomic E-state index is -0.844. The van der Waals surface area contributed by atoms with E-state index < -0.39 is 6.10 Å². The smallest absolute Gasteiger partial charge is 0.184 e. The third kappa shape index (κ3) is 2.06. The second-order valence-corrected chi connectivity index (χ2v) is 9.03. The molecule has 2 saturated carbocycles. The van der Waals surface area contributed by atoms with Crippen LogP contribution >= 0.6 is 0 Å². The number of fused-ring (bicyclic) bond motifs is 3. The fraction of sp³-hybridized carbons (Fsp3) is 0.750. The van der Waals surface area contributed by atoms with Crippen molar-refractivity contribution in [3.63, 3.8) is 0 Å². The quantitative estimate of drug-likeness (QED) is 0.734. The lowest BCUT2D eigenvalue weighted by molar-refractivity contribution is -0.134. The van der Waals surface area contributed by atoms with Gasteiger partial charge in [-0.25, -0.2) is 0 Å². The minimum Gasteiger partial charge on any atom is -0.384 e. The molecule has 0 amide bonds. The number of hydrogen-bond donors (Lipinski definition) is 1. The Hall–Kier alpha value is -0.890. The standard InChI is InChI=1S/C20H30O2/c1-6-19(4)9-10-20(5)13(12-19)7-8-14-15(20)11-16(21)17(22)18(14,2)3/h6,11,13-14,17,22H,1,7-10,12H2,2-5H3/t13-,14+,17-,19+,20+/m0/s1. The van der Waals surface area contributed by atoms with Crippen LogP contribution < -0.4 is 0 Å². The fourth-order valence-corrected chi connectivity index (χ4v) is 5.37. The first kappa shape index (κ1) is 16.0. The molecule has 3 rings (SSSR count). The highest BCUT2D eigenvalue weighted by Crippen LogP contribution is 2.63. The Morgan fingerprint density at radius 2 is 1.91 bits per heavy atom. The summed E-state index contributed by atoms with van der Waals surface area (Å²) >= 11 is 0. The fourth-order valence-electron chi connectivity index (χ4n) is 5.37. The van der Waals surface area contributed by atoms with Gasteiger partial charge < -0.3 is 5.11 Å². The van der Waals surface area contributed by atoms with Gasteiger partial charge in [-0.05, 0) is 60.8 Å². The van der Waals surface area contributed by atoms with Crippen molar-refractivity contribution in [3.05, 3.63) is 24.3 Å². The topological polar surface area (TPSA) is 37.3 Å². The van der Waals surface area contributed by atoms with Gasteiger partial charge in [-0.15, -0.1) is 6.58 Å². The van der Waals surface area contributed by atoms with Crippen molar-refractivity contribution >= 4 is 5.78 Å². The molecular weight excluding hydrogens is 272 g/mol. The number of carbonyl (C=O) groups excluding carboxylic acids is 1. The van der Waals surface area contributed by atoms with E-state index in [4.69, 9.17) is 0 Å². The van der Waals surface area contributed by atoms with E-state index in [-0.39, 0.29) is 22.0 Å². The van der Waals surface area contributed by atoms with Crippen LogP contribution in [0.3, 0.4) is 0 Å². The molecule has 0 aromatic carbocycles. The highest BCUT2D eigenvalue weighted by molar-refractivity contribution is 5.96. The predicted molar refractivity (Wildman–Crippen MR) is 89.4 cm³/mol. The van der Waals surface area contributed by atoms with E-state index >= 15 is 0 Å². The molecule has 0 bridgehead atoms. The molecule has 0 heterocycles. The van der Waals surface area contributed by atoms with Gasteiger partial charge in [0.2, 0.25) is 0 Å². The van der Waals surface area contributed by atoms with Crippen LogP contribution in [0, 0.1) is 28.1 Å². The Morgan fingerprint density at radius 1 is 1.23 bits per heavy atom. The van der Waals surface area contributed by atoms with Gasteiger partial charge in [0.05, 0.1) is 0 Å². The third-order valence-corrected chi connectivity index (χ3v) is 7.33. The molecule has 1 N–H and O–H groups in total. The van der Waals surface area contributed by atoms with Gasteiger partial charge in [-0.2, -0.15) is 0 Å². The molecule has 3 aliphatic carbocycles. The summed E-state index contributed by atoms with van der Waals surface area (Å²) in [6.07, 6.45) is 8.84. The molecule has 0 saturated heterocycles. The van der Waals surface area contributed by atoms with E-state index in [2.05, 4.69) is 40.3 Å². The number of ketones is 1. The zero-order chi connectivity index (χ0) is 16.3. The zero-order valence-corrected chi connectivity index (χ0v) is 14.5. The van der Waals surface area contributed by atoms with Crippen LogP contribution in [0.2, 0.25) is 0 Å². The van der Waals surface area contributed by atoms with Crippen molar-refractivity contribution in [3.8, 4) is 0 Å². The first-order chi connectivity index (χ1) is 10.1. The first-order valence-electron chi connectivity index (χ1n) is 8.72. The van der Waals surface area contributed by atoms with Crippen molar-refractivity contribution in [1.82, 2.24) is 0 Å². The molecular formula is C20H30O2. The van der Waals surface area contributed by atoms with Gasteiger partial charge >= 0.3 is 0 Å². The number of aliphatic hydroxyl groups excluding tert-OH is 1. The number of carbonyl (C=O) groups is 1. The summed E-state index contributed by atoms with van der Waals surface area (Å²) in [6, 6.07) is 0. The lowest BCUT2D eigenvalue weighted by Crippen LogP contribution is -2.53. The molecule has 0 aliphatic heterocycles. The maximum atomic E-state index is 12.3. The lowest BCUT2D eigenvalue weighted by Gasteiger charge is -2.58. The maximum absolute atomic E-state index is 12.3. The molecule has 122 valence electrons. The van der Waals surface area contributed by atoms with Gasteiger partial charge in [-0.3, -0.25) is 4.79 Å². The second kappa shape index (κ2) is 4.80. The van der Waals surface area contributed by atoms with E-state index in [1.54, 1.807) is 0 Å². The Bertz CT molecular complexity index is 544. The first-order valence-corrected chi connectivity index (χ1v) is 8.72. The van der Waals surface area contributed by atoms with Crippen molar-refractivity contribution < 1.29 is 9.90 Å². The average Bonchev–Trinajstić information content (AvgIpc) is 2.47. The molecule has 3 aliphatic rings. The molecule has 2 fully saturated rings. The summed E-state index contributed by atoms with van der Waals surface area (Å²) in [4.78, 5) is 12.3. The average molecular weight is 302 g/mol. The maximum Gasteiger partial charge on any atom is 0.184 e. The number of allylic oxidation sites excluding steroid dienone is 2. The van der Waals surface area contributed by atoms with Crippen LogP contribution in [0.1, 0.15) is 59.8 Å². The highest BCUT2D eigenvalue weighted by atomic mass is 16.3. The minimum absolute atomic E-state index is 0.0878. The summed E-state index contributed by atoms with van der Waals surface area (Å²) < 4.78 is 0. The summed E-state index contributed by atoms with van der Waals surface area (Å²) in [7, 11) is 0. The monoisotopic (exact) mass is 302 g/mol. The Labute approximate surface area is 134 Å². The van der Waals surface area contributed by atoms with Crippen molar-refractivity contribution in [2.75, 3.05) is 0 Å². The lowest BCUT2D eigenvalue weighted by atomic mass is 9.46. The van der Waals surface area contributed by atoms with E-state index in [9.17, 15) is 9.90 Å². The van der Waals surface area contributed by atoms with Gasteiger partial charge in [0.25, 0.3) is 0 Å². The highest BCUT2D eigenvalue weighted by Gasteiger charge is 2.56. The van der Waals surface area contributed by atoms with Crippen molar-refractivity contribution in [2.24, 2.45) is 28.1 Å². The molecule has 0 aromatic rings. The summed E-state index contributed by atoms with van der Waals surface area (Å²) in [5.74, 6) is 0.885. The summed E-state index contributed by atoms with van der Waals surface area (Å²) in [6.45, 7) is 12.8. The van der Waals surface area contributed by atoms with E-state index in [0.29, 0.717) is 11.8 Å². The molecule has 22 heavy (non-hydrogen) atoms. The van der Waals surface area contributed by atoms with Crippen LogP contribution in [0.4, 0.5) is 0 Å². The Kier molecular flexibility index (Phi) is 3.49. The molecule has 0 unspecified atom stereocenters.